The summed E-state index contributed by atoms with van der Waals surface area (Å²) in [6, 6.07) is 11.2. The van der Waals surface area contributed by atoms with Crippen molar-refractivity contribution in [2.24, 2.45) is 5.92 Å². The van der Waals surface area contributed by atoms with E-state index in [1.54, 1.807) is 42.2 Å². The Balaban J connectivity index is 1.89. The summed E-state index contributed by atoms with van der Waals surface area (Å²) in [5.41, 5.74) is 1.80. The molecule has 32 heavy (non-hydrogen) atoms. The molecule has 1 aliphatic carbocycles. The lowest BCUT2D eigenvalue weighted by molar-refractivity contribution is -0.152. The highest BCUT2D eigenvalue weighted by atomic mass is 35.5. The number of benzene rings is 2. The lowest BCUT2D eigenvalue weighted by Crippen LogP contribution is -2.54. The molecule has 4 atom stereocenters. The van der Waals surface area contributed by atoms with Crippen molar-refractivity contribution in [2.45, 2.75) is 50.6 Å². The van der Waals surface area contributed by atoms with Crippen LogP contribution in [-0.4, -0.2) is 35.7 Å². The van der Waals surface area contributed by atoms with Crippen LogP contribution in [0.5, 0.6) is 0 Å². The van der Waals surface area contributed by atoms with E-state index in [-0.39, 0.29) is 24.5 Å². The van der Waals surface area contributed by atoms with Gasteiger partial charge in [-0.05, 0) is 49.1 Å². The number of esters is 1. The number of hydrogen-bond acceptors (Lipinski definition) is 4. The van der Waals surface area contributed by atoms with Crippen LogP contribution in [0.25, 0.3) is 0 Å². The number of ether oxygens (including phenoxy) is 1. The van der Waals surface area contributed by atoms with E-state index in [4.69, 9.17) is 27.9 Å². The number of fused-ring (bicyclic) bond motifs is 1. The third kappa shape index (κ3) is 4.04. The first-order valence-corrected chi connectivity index (χ1v) is 11.7. The van der Waals surface area contributed by atoms with Crippen molar-refractivity contribution < 1.29 is 19.1 Å². The Morgan fingerprint density at radius 2 is 1.88 bits per heavy atom. The van der Waals surface area contributed by atoms with E-state index in [9.17, 15) is 14.4 Å². The van der Waals surface area contributed by atoms with Gasteiger partial charge in [0.25, 0.3) is 5.91 Å². The third-order valence-corrected chi connectivity index (χ3v) is 7.09. The van der Waals surface area contributed by atoms with E-state index in [2.05, 4.69) is 0 Å². The zero-order chi connectivity index (χ0) is 22.8. The molecule has 1 fully saturated rings. The maximum atomic E-state index is 13.9. The first-order chi connectivity index (χ1) is 15.5. The Bertz CT molecular complexity index is 1040. The van der Waals surface area contributed by atoms with Crippen LogP contribution in [0.15, 0.2) is 42.5 Å². The Morgan fingerprint density at radius 1 is 1.12 bits per heavy atom. The number of carbonyl (C=O) groups is 3. The third-order valence-electron chi connectivity index (χ3n) is 6.53. The van der Waals surface area contributed by atoms with Crippen molar-refractivity contribution >= 4 is 41.4 Å². The van der Waals surface area contributed by atoms with Gasteiger partial charge in [0.1, 0.15) is 6.29 Å². The van der Waals surface area contributed by atoms with Gasteiger partial charge >= 0.3 is 5.97 Å². The van der Waals surface area contributed by atoms with Crippen LogP contribution in [0.3, 0.4) is 0 Å². The van der Waals surface area contributed by atoms with Gasteiger partial charge < -0.3 is 14.4 Å². The van der Waals surface area contributed by atoms with E-state index < -0.39 is 17.9 Å². The molecule has 0 bridgehead atoms. The molecule has 4 rings (SSSR count). The van der Waals surface area contributed by atoms with Gasteiger partial charge in [0.15, 0.2) is 0 Å². The summed E-state index contributed by atoms with van der Waals surface area (Å²) in [6.45, 7) is 2.05. The topological polar surface area (TPSA) is 63.7 Å². The highest BCUT2D eigenvalue weighted by Gasteiger charge is 2.48. The minimum atomic E-state index is -0.639. The first-order valence-electron chi connectivity index (χ1n) is 11.0. The SMILES string of the molecule is CCOC(=O)C1CCCCC1N1C(=O)c2ccccc2C(C=O)C1c1ccc(Cl)cc1Cl. The monoisotopic (exact) mass is 473 g/mol. The van der Waals surface area contributed by atoms with Crippen molar-refractivity contribution in [3.8, 4) is 0 Å². The Morgan fingerprint density at radius 3 is 2.59 bits per heavy atom. The van der Waals surface area contributed by atoms with E-state index >= 15 is 0 Å². The Kier molecular flexibility index (Phi) is 6.87. The predicted octanol–water partition coefficient (Wildman–Crippen LogP) is 5.59. The number of halogens is 2. The molecule has 1 heterocycles. The lowest BCUT2D eigenvalue weighted by atomic mass is 9.76. The van der Waals surface area contributed by atoms with Crippen molar-refractivity contribution in [3.63, 3.8) is 0 Å². The average Bonchev–Trinajstić information content (AvgIpc) is 2.79. The van der Waals surface area contributed by atoms with Gasteiger partial charge in [-0.2, -0.15) is 0 Å². The molecule has 4 unspecified atom stereocenters. The Labute approximate surface area is 197 Å². The van der Waals surface area contributed by atoms with Crippen LogP contribution in [0.1, 0.15) is 66.1 Å². The van der Waals surface area contributed by atoms with Crippen LogP contribution in [0.2, 0.25) is 10.0 Å². The summed E-state index contributed by atoms with van der Waals surface area (Å²) in [6.07, 6.45) is 3.95. The van der Waals surface area contributed by atoms with Crippen LogP contribution in [0, 0.1) is 5.92 Å². The fourth-order valence-electron chi connectivity index (χ4n) is 5.15. The van der Waals surface area contributed by atoms with Crippen LogP contribution in [-0.2, 0) is 14.3 Å². The maximum Gasteiger partial charge on any atom is 0.311 e. The van der Waals surface area contributed by atoms with Gasteiger partial charge in [-0.1, -0.05) is 60.3 Å². The molecule has 0 aromatic heterocycles. The van der Waals surface area contributed by atoms with Gasteiger partial charge in [0.2, 0.25) is 0 Å². The van der Waals surface area contributed by atoms with E-state index in [1.165, 1.54) is 0 Å². The molecule has 2 aromatic carbocycles. The quantitative estimate of drug-likeness (QED) is 0.419. The van der Waals surface area contributed by atoms with Crippen LogP contribution >= 0.6 is 23.2 Å². The molecular formula is C25H25Cl2NO4. The predicted molar refractivity (Wildman–Crippen MR) is 123 cm³/mol. The zero-order valence-electron chi connectivity index (χ0n) is 17.8. The van der Waals surface area contributed by atoms with Gasteiger partial charge in [0, 0.05) is 21.7 Å². The summed E-state index contributed by atoms with van der Waals surface area (Å²) in [4.78, 5) is 40.8. The maximum absolute atomic E-state index is 13.9. The molecule has 7 heteroatoms. The van der Waals surface area contributed by atoms with E-state index in [0.29, 0.717) is 39.6 Å². The molecule has 0 saturated heterocycles. The second-order valence-electron chi connectivity index (χ2n) is 8.28. The molecule has 1 aliphatic heterocycles. The number of nitrogens with zero attached hydrogens (tertiary/aromatic N) is 1. The first kappa shape index (κ1) is 22.8. The highest BCUT2D eigenvalue weighted by Crippen LogP contribution is 2.47. The number of aldehydes is 1. The van der Waals surface area contributed by atoms with Crippen molar-refractivity contribution in [3.05, 3.63) is 69.2 Å². The summed E-state index contributed by atoms with van der Waals surface area (Å²) in [7, 11) is 0. The molecule has 168 valence electrons. The minimum absolute atomic E-state index is 0.198. The lowest BCUT2D eigenvalue weighted by Gasteiger charge is -2.48. The molecule has 1 amide bonds. The van der Waals surface area contributed by atoms with Crippen LogP contribution < -0.4 is 0 Å². The largest absolute Gasteiger partial charge is 0.466 e. The number of amides is 1. The Hall–Kier alpha value is -2.37. The molecule has 0 N–H and O–H groups in total. The average molecular weight is 474 g/mol. The van der Waals surface area contributed by atoms with E-state index in [1.807, 2.05) is 12.1 Å². The molecule has 0 radical (unpaired) electrons. The normalized spacial score (nSPS) is 25.2. The minimum Gasteiger partial charge on any atom is -0.466 e. The smallest absolute Gasteiger partial charge is 0.311 e. The number of rotatable bonds is 5. The van der Waals surface area contributed by atoms with Crippen molar-refractivity contribution in [1.82, 2.24) is 4.90 Å². The molecule has 2 aliphatic rings. The molecule has 0 spiro atoms. The summed E-state index contributed by atoms with van der Waals surface area (Å²) >= 11 is 12.7. The summed E-state index contributed by atoms with van der Waals surface area (Å²) < 4.78 is 5.35. The van der Waals surface area contributed by atoms with Gasteiger partial charge in [-0.15, -0.1) is 0 Å². The van der Waals surface area contributed by atoms with Gasteiger partial charge in [-0.25, -0.2) is 0 Å². The zero-order valence-corrected chi connectivity index (χ0v) is 19.3. The van der Waals surface area contributed by atoms with Gasteiger partial charge in [0.05, 0.1) is 24.5 Å². The number of hydrogen-bond donors (Lipinski definition) is 0. The number of carbonyl (C=O) groups excluding carboxylic acids is 3. The summed E-state index contributed by atoms with van der Waals surface area (Å²) in [5.74, 6) is -1.56. The molecule has 1 saturated carbocycles. The fourth-order valence-corrected chi connectivity index (χ4v) is 5.67. The standard InChI is InChI=1S/C25H25Cl2NO4/c1-2-32-25(31)19-9-5-6-10-22(19)28-23(18-12-11-15(26)13-21(18)27)20(14-29)16-7-3-4-8-17(16)24(28)30/h3-4,7-8,11-14,19-20,22-23H,2,5-6,9-10H2,1H3. The van der Waals surface area contributed by atoms with E-state index in [0.717, 1.165) is 19.1 Å². The van der Waals surface area contributed by atoms with Gasteiger partial charge in [-0.3, -0.25) is 9.59 Å². The van der Waals surface area contributed by atoms with Crippen LogP contribution in [0.4, 0.5) is 0 Å². The molecule has 2 aromatic rings. The van der Waals surface area contributed by atoms with Crippen molar-refractivity contribution in [2.75, 3.05) is 6.61 Å². The second-order valence-corrected chi connectivity index (χ2v) is 9.13. The fraction of sp³-hybridized carbons (Fsp3) is 0.400. The highest BCUT2D eigenvalue weighted by molar-refractivity contribution is 6.35. The molecule has 5 nitrogen and oxygen atoms in total. The second kappa shape index (κ2) is 9.63. The van der Waals surface area contributed by atoms with Crippen molar-refractivity contribution in [1.29, 1.82) is 0 Å². The molecular weight excluding hydrogens is 449 g/mol. The summed E-state index contributed by atoms with van der Waals surface area (Å²) in [5, 5.41) is 0.854.